The second-order valence-electron chi connectivity index (χ2n) is 4.49. The molecule has 3 rings (SSSR count). The highest BCUT2D eigenvalue weighted by Gasteiger charge is 2.27. The highest BCUT2D eigenvalue weighted by atomic mass is 16.6. The third-order valence-corrected chi connectivity index (χ3v) is 3.28. The van der Waals surface area contributed by atoms with E-state index in [1.807, 2.05) is 12.1 Å². The Kier molecular flexibility index (Phi) is 2.89. The summed E-state index contributed by atoms with van der Waals surface area (Å²) in [7, 11) is 0. The topological polar surface area (TPSA) is 85.8 Å². The van der Waals surface area contributed by atoms with Crippen LogP contribution in [0.2, 0.25) is 0 Å². The molecule has 6 nitrogen and oxygen atoms in total. The molecule has 6 heteroatoms. The zero-order chi connectivity index (χ0) is 12.5. The first-order valence-corrected chi connectivity index (χ1v) is 6.18. The Labute approximate surface area is 106 Å². The molecule has 0 aliphatic carbocycles. The molecule has 1 saturated heterocycles. The molecule has 1 aromatic rings. The molecule has 1 aromatic carbocycles. The molecule has 5 N–H and O–H groups in total. The second kappa shape index (κ2) is 4.55. The van der Waals surface area contributed by atoms with Gasteiger partial charge in [0.25, 0.3) is 0 Å². The number of hydrogen-bond acceptors (Lipinski definition) is 6. The zero-order valence-corrected chi connectivity index (χ0v) is 10.2. The van der Waals surface area contributed by atoms with E-state index in [0.717, 1.165) is 36.8 Å². The first-order valence-electron chi connectivity index (χ1n) is 6.18. The van der Waals surface area contributed by atoms with E-state index in [1.54, 1.807) is 0 Å². The van der Waals surface area contributed by atoms with Crippen molar-refractivity contribution < 1.29 is 9.47 Å². The third-order valence-electron chi connectivity index (χ3n) is 3.28. The number of anilines is 2. The number of nitrogen functional groups attached to an aromatic ring is 1. The van der Waals surface area contributed by atoms with E-state index in [-0.39, 0.29) is 6.17 Å². The Bertz CT molecular complexity index is 452. The summed E-state index contributed by atoms with van der Waals surface area (Å²) in [4.78, 5) is 2.08. The van der Waals surface area contributed by atoms with Crippen LogP contribution in [0.25, 0.3) is 0 Å². The number of hydrogen-bond donors (Lipinski definition) is 3. The summed E-state index contributed by atoms with van der Waals surface area (Å²) in [6, 6.07) is 3.69. The molecule has 98 valence electrons. The lowest BCUT2D eigenvalue weighted by Gasteiger charge is -2.37. The Balaban J connectivity index is 2.04. The summed E-state index contributed by atoms with van der Waals surface area (Å²) < 4.78 is 11.3. The van der Waals surface area contributed by atoms with Gasteiger partial charge < -0.3 is 31.2 Å². The van der Waals surface area contributed by atoms with Crippen molar-refractivity contribution in [3.63, 3.8) is 0 Å². The van der Waals surface area contributed by atoms with Crippen LogP contribution in [-0.4, -0.2) is 39.0 Å². The van der Waals surface area contributed by atoms with Gasteiger partial charge in [-0.05, 0) is 12.1 Å². The summed E-state index contributed by atoms with van der Waals surface area (Å²) >= 11 is 0. The van der Waals surface area contributed by atoms with E-state index in [2.05, 4.69) is 10.2 Å². The molecule has 0 saturated carbocycles. The highest BCUT2D eigenvalue weighted by molar-refractivity contribution is 5.79. The fraction of sp³-hybridized carbons (Fsp3) is 0.500. The average Bonchev–Trinajstić information content (AvgIpc) is 2.40. The van der Waals surface area contributed by atoms with Gasteiger partial charge in [0, 0.05) is 19.6 Å². The normalized spacial score (nSPS) is 22.9. The van der Waals surface area contributed by atoms with Crippen LogP contribution in [0.15, 0.2) is 12.1 Å². The number of benzene rings is 1. The van der Waals surface area contributed by atoms with Gasteiger partial charge in [0.1, 0.15) is 18.9 Å². The van der Waals surface area contributed by atoms with Gasteiger partial charge in [-0.15, -0.1) is 0 Å². The molecule has 0 amide bonds. The summed E-state index contributed by atoms with van der Waals surface area (Å²) in [6.07, 6.45) is -0.0990. The molecule has 2 aliphatic rings. The van der Waals surface area contributed by atoms with E-state index in [9.17, 15) is 0 Å². The van der Waals surface area contributed by atoms with Crippen molar-refractivity contribution in [2.24, 2.45) is 5.73 Å². The summed E-state index contributed by atoms with van der Waals surface area (Å²) in [6.45, 7) is 3.56. The first kappa shape index (κ1) is 11.4. The lowest BCUT2D eigenvalue weighted by Crippen LogP contribution is -2.56. The fourth-order valence-corrected chi connectivity index (χ4v) is 2.42. The minimum absolute atomic E-state index is 0.0990. The summed E-state index contributed by atoms with van der Waals surface area (Å²) in [5.41, 5.74) is 13.7. The van der Waals surface area contributed by atoms with Crippen molar-refractivity contribution in [1.29, 1.82) is 0 Å². The zero-order valence-electron chi connectivity index (χ0n) is 10.2. The third kappa shape index (κ3) is 1.83. The van der Waals surface area contributed by atoms with Crippen LogP contribution in [0.4, 0.5) is 11.4 Å². The molecule has 0 radical (unpaired) electrons. The maximum absolute atomic E-state index is 6.12. The molecule has 18 heavy (non-hydrogen) atoms. The van der Waals surface area contributed by atoms with Crippen molar-refractivity contribution in [1.82, 2.24) is 5.32 Å². The fourth-order valence-electron chi connectivity index (χ4n) is 2.42. The van der Waals surface area contributed by atoms with E-state index < -0.39 is 0 Å². The number of nitrogens with zero attached hydrogens (tertiary/aromatic N) is 1. The van der Waals surface area contributed by atoms with E-state index in [0.29, 0.717) is 18.9 Å². The SMILES string of the molecule is Nc1ccc2c(c1N1CCNCC1N)OCCO2. The molecule has 2 aliphatic heterocycles. The van der Waals surface area contributed by atoms with Gasteiger partial charge in [-0.25, -0.2) is 0 Å². The van der Waals surface area contributed by atoms with Gasteiger partial charge in [0.2, 0.25) is 0 Å². The monoisotopic (exact) mass is 250 g/mol. The number of nitrogens with two attached hydrogens (primary N) is 2. The maximum atomic E-state index is 6.12. The molecule has 0 spiro atoms. The standard InChI is InChI=1S/C12H18N4O2/c13-8-1-2-9-12(18-6-5-17-9)11(8)16-4-3-15-7-10(16)14/h1-2,10,15H,3-7,13-14H2. The van der Waals surface area contributed by atoms with Crippen molar-refractivity contribution in [3.05, 3.63) is 12.1 Å². The van der Waals surface area contributed by atoms with Crippen LogP contribution in [0.3, 0.4) is 0 Å². The molecule has 0 bridgehead atoms. The average molecular weight is 250 g/mol. The predicted molar refractivity (Wildman–Crippen MR) is 70.0 cm³/mol. The number of fused-ring (bicyclic) bond motifs is 1. The Morgan fingerprint density at radius 1 is 1.28 bits per heavy atom. The second-order valence-corrected chi connectivity index (χ2v) is 4.49. The number of nitrogens with one attached hydrogen (secondary N) is 1. The van der Waals surface area contributed by atoms with E-state index in [1.165, 1.54) is 0 Å². The smallest absolute Gasteiger partial charge is 0.186 e. The van der Waals surface area contributed by atoms with Gasteiger partial charge in [-0.3, -0.25) is 0 Å². The molecule has 1 atom stereocenters. The van der Waals surface area contributed by atoms with Gasteiger partial charge >= 0.3 is 0 Å². The lowest BCUT2D eigenvalue weighted by atomic mass is 10.1. The van der Waals surface area contributed by atoms with Crippen molar-refractivity contribution >= 4 is 11.4 Å². The van der Waals surface area contributed by atoms with Crippen LogP contribution in [0, 0.1) is 0 Å². The maximum Gasteiger partial charge on any atom is 0.186 e. The molecular weight excluding hydrogens is 232 g/mol. The van der Waals surface area contributed by atoms with Crippen LogP contribution in [0.1, 0.15) is 0 Å². The minimum atomic E-state index is -0.0990. The van der Waals surface area contributed by atoms with Gasteiger partial charge in [0.15, 0.2) is 11.5 Å². The highest BCUT2D eigenvalue weighted by Crippen LogP contribution is 2.44. The quantitative estimate of drug-likeness (QED) is 0.595. The van der Waals surface area contributed by atoms with Crippen molar-refractivity contribution in [2.45, 2.75) is 6.17 Å². The van der Waals surface area contributed by atoms with Crippen LogP contribution in [-0.2, 0) is 0 Å². The number of ether oxygens (including phenoxy) is 2. The largest absolute Gasteiger partial charge is 0.486 e. The van der Waals surface area contributed by atoms with Crippen molar-refractivity contribution in [2.75, 3.05) is 43.5 Å². The predicted octanol–water partition coefficient (Wildman–Crippen LogP) is -0.266. The molecule has 0 aromatic heterocycles. The number of rotatable bonds is 1. The molecule has 1 unspecified atom stereocenters. The van der Waals surface area contributed by atoms with E-state index >= 15 is 0 Å². The van der Waals surface area contributed by atoms with Crippen molar-refractivity contribution in [3.8, 4) is 11.5 Å². The van der Waals surface area contributed by atoms with E-state index in [4.69, 9.17) is 20.9 Å². The minimum Gasteiger partial charge on any atom is -0.486 e. The molecule has 1 fully saturated rings. The van der Waals surface area contributed by atoms with Gasteiger partial charge in [-0.2, -0.15) is 0 Å². The lowest BCUT2D eigenvalue weighted by molar-refractivity contribution is 0.172. The van der Waals surface area contributed by atoms with Gasteiger partial charge in [0.05, 0.1) is 11.9 Å². The molecular formula is C12H18N4O2. The molecule has 2 heterocycles. The summed E-state index contributed by atoms with van der Waals surface area (Å²) in [5.74, 6) is 1.47. The Morgan fingerprint density at radius 3 is 2.94 bits per heavy atom. The number of piperazine rings is 1. The van der Waals surface area contributed by atoms with Crippen LogP contribution in [0.5, 0.6) is 11.5 Å². The summed E-state index contributed by atoms with van der Waals surface area (Å²) in [5, 5.41) is 3.25. The van der Waals surface area contributed by atoms with Crippen LogP contribution >= 0.6 is 0 Å². The Morgan fingerprint density at radius 2 is 2.11 bits per heavy atom. The Hall–Kier alpha value is -1.66. The van der Waals surface area contributed by atoms with Crippen LogP contribution < -0.4 is 31.2 Å². The first-order chi connectivity index (χ1) is 8.77. The van der Waals surface area contributed by atoms with Gasteiger partial charge in [-0.1, -0.05) is 0 Å².